The molecule has 0 bridgehead atoms. The van der Waals surface area contributed by atoms with Gasteiger partial charge in [-0.1, -0.05) is 32.4 Å². The Labute approximate surface area is 140 Å². The Bertz CT molecular complexity index is 591. The first-order valence-electron chi connectivity index (χ1n) is 6.79. The van der Waals surface area contributed by atoms with Gasteiger partial charge in [0, 0.05) is 17.6 Å². The maximum atomic E-state index is 12.8. The van der Waals surface area contributed by atoms with Gasteiger partial charge in [0.25, 0.3) is 0 Å². The molecule has 0 saturated carbocycles. The second-order valence-corrected chi connectivity index (χ2v) is 8.98. The summed E-state index contributed by atoms with van der Waals surface area (Å²) >= 11 is 9.20. The van der Waals surface area contributed by atoms with Crippen LogP contribution < -0.4 is 5.73 Å². The monoisotopic (exact) mass is 396 g/mol. The highest BCUT2D eigenvalue weighted by molar-refractivity contribution is 9.10. The fraction of sp³-hybridized carbons (Fsp3) is 0.571. The number of nitrogens with zero attached hydrogens (tertiary/aromatic N) is 1. The van der Waals surface area contributed by atoms with Gasteiger partial charge in [0.1, 0.15) is 0 Å². The van der Waals surface area contributed by atoms with E-state index in [2.05, 4.69) is 15.9 Å². The van der Waals surface area contributed by atoms with E-state index >= 15 is 0 Å². The number of rotatable bonds is 7. The molecular weight excluding hydrogens is 376 g/mol. The number of hydrogen-bond donors (Lipinski definition) is 1. The van der Waals surface area contributed by atoms with Gasteiger partial charge in [0.15, 0.2) is 0 Å². The molecular formula is C14H22BrClN2O2S. The summed E-state index contributed by atoms with van der Waals surface area (Å²) in [5.74, 6) is 0. The van der Waals surface area contributed by atoms with Gasteiger partial charge in [-0.15, -0.1) is 0 Å². The van der Waals surface area contributed by atoms with Crippen LogP contribution in [-0.2, 0) is 10.0 Å². The van der Waals surface area contributed by atoms with E-state index in [1.54, 1.807) is 6.07 Å². The summed E-state index contributed by atoms with van der Waals surface area (Å²) in [6.45, 7) is 7.15. The second kappa shape index (κ2) is 7.42. The average molecular weight is 398 g/mol. The summed E-state index contributed by atoms with van der Waals surface area (Å²) in [5.41, 5.74) is 5.46. The molecule has 0 aliphatic rings. The second-order valence-electron chi connectivity index (χ2n) is 5.78. The highest BCUT2D eigenvalue weighted by Crippen LogP contribution is 2.28. The summed E-state index contributed by atoms with van der Waals surface area (Å²) in [5, 5.41) is 0.485. The number of hydrogen-bond acceptors (Lipinski definition) is 3. The molecule has 4 nitrogen and oxygen atoms in total. The standard InChI is InChI=1S/C14H22BrClN2O2S/c1-4-7-18(10-14(2,3)9-17)21(19,20)11-5-6-13(16)12(15)8-11/h5-6,8H,4,7,9-10,17H2,1-3H3. The first-order chi connectivity index (χ1) is 9.64. The van der Waals surface area contributed by atoms with Crippen molar-refractivity contribution in [2.45, 2.75) is 32.1 Å². The van der Waals surface area contributed by atoms with Crippen molar-refractivity contribution in [2.24, 2.45) is 11.1 Å². The lowest BCUT2D eigenvalue weighted by Gasteiger charge is -2.31. The van der Waals surface area contributed by atoms with E-state index in [1.165, 1.54) is 16.4 Å². The van der Waals surface area contributed by atoms with E-state index in [4.69, 9.17) is 17.3 Å². The molecule has 0 atom stereocenters. The minimum Gasteiger partial charge on any atom is -0.330 e. The zero-order valence-electron chi connectivity index (χ0n) is 12.6. The van der Waals surface area contributed by atoms with Gasteiger partial charge in [0.05, 0.1) is 9.92 Å². The molecule has 0 aromatic heterocycles. The van der Waals surface area contributed by atoms with Crippen molar-refractivity contribution in [1.82, 2.24) is 4.31 Å². The number of sulfonamides is 1. The zero-order valence-corrected chi connectivity index (χ0v) is 15.7. The highest BCUT2D eigenvalue weighted by Gasteiger charge is 2.29. The van der Waals surface area contributed by atoms with Gasteiger partial charge in [0.2, 0.25) is 10.0 Å². The smallest absolute Gasteiger partial charge is 0.243 e. The van der Waals surface area contributed by atoms with Crippen LogP contribution in [0.25, 0.3) is 0 Å². The lowest BCUT2D eigenvalue weighted by Crippen LogP contribution is -2.42. The van der Waals surface area contributed by atoms with Gasteiger partial charge < -0.3 is 5.73 Å². The Morgan fingerprint density at radius 2 is 2.00 bits per heavy atom. The zero-order chi connectivity index (χ0) is 16.3. The van der Waals surface area contributed by atoms with Gasteiger partial charge in [-0.3, -0.25) is 0 Å². The maximum absolute atomic E-state index is 12.8. The number of halogens is 2. The minimum absolute atomic E-state index is 0.236. The highest BCUT2D eigenvalue weighted by atomic mass is 79.9. The van der Waals surface area contributed by atoms with Crippen LogP contribution >= 0.6 is 27.5 Å². The number of benzene rings is 1. The molecule has 21 heavy (non-hydrogen) atoms. The van der Waals surface area contributed by atoms with Gasteiger partial charge >= 0.3 is 0 Å². The lowest BCUT2D eigenvalue weighted by molar-refractivity contribution is 0.266. The molecule has 0 aliphatic heterocycles. The summed E-state index contributed by atoms with van der Waals surface area (Å²) in [7, 11) is -3.56. The Kier molecular flexibility index (Phi) is 6.68. The minimum atomic E-state index is -3.56. The Balaban J connectivity index is 3.18. The Morgan fingerprint density at radius 3 is 2.48 bits per heavy atom. The van der Waals surface area contributed by atoms with Crippen molar-refractivity contribution in [3.05, 3.63) is 27.7 Å². The molecule has 0 unspecified atom stereocenters. The molecule has 2 N–H and O–H groups in total. The third kappa shape index (κ3) is 4.93. The van der Waals surface area contributed by atoms with Crippen molar-refractivity contribution in [1.29, 1.82) is 0 Å². The van der Waals surface area contributed by atoms with Crippen LogP contribution in [0.5, 0.6) is 0 Å². The molecule has 0 aliphatic carbocycles. The largest absolute Gasteiger partial charge is 0.330 e. The van der Waals surface area contributed by atoms with Crippen LogP contribution in [0.15, 0.2) is 27.6 Å². The van der Waals surface area contributed by atoms with E-state index in [0.29, 0.717) is 29.1 Å². The molecule has 7 heteroatoms. The van der Waals surface area contributed by atoms with E-state index in [-0.39, 0.29) is 10.3 Å². The fourth-order valence-electron chi connectivity index (χ4n) is 1.86. The Morgan fingerprint density at radius 1 is 1.38 bits per heavy atom. The molecule has 0 amide bonds. The average Bonchev–Trinajstić information content (AvgIpc) is 2.41. The van der Waals surface area contributed by atoms with E-state index in [0.717, 1.165) is 6.42 Å². The topological polar surface area (TPSA) is 63.4 Å². The van der Waals surface area contributed by atoms with Crippen LogP contribution in [0, 0.1) is 5.41 Å². The Hall–Kier alpha value is -0.140. The fourth-order valence-corrected chi connectivity index (χ4v) is 4.26. The summed E-state index contributed by atoms with van der Waals surface area (Å²) < 4.78 is 27.7. The maximum Gasteiger partial charge on any atom is 0.243 e. The quantitative estimate of drug-likeness (QED) is 0.766. The third-order valence-electron chi connectivity index (χ3n) is 3.16. The molecule has 0 radical (unpaired) electrons. The van der Waals surface area contributed by atoms with Crippen molar-refractivity contribution in [3.8, 4) is 0 Å². The van der Waals surface area contributed by atoms with Gasteiger partial charge in [-0.25, -0.2) is 8.42 Å². The van der Waals surface area contributed by atoms with E-state index in [9.17, 15) is 8.42 Å². The van der Waals surface area contributed by atoms with Crippen molar-refractivity contribution in [3.63, 3.8) is 0 Å². The summed E-state index contributed by atoms with van der Waals surface area (Å²) in [6.07, 6.45) is 0.745. The van der Waals surface area contributed by atoms with Crippen molar-refractivity contribution < 1.29 is 8.42 Å². The van der Waals surface area contributed by atoms with E-state index in [1.807, 2.05) is 20.8 Å². The van der Waals surface area contributed by atoms with Crippen LogP contribution in [0.4, 0.5) is 0 Å². The van der Waals surface area contributed by atoms with Crippen molar-refractivity contribution >= 4 is 37.6 Å². The lowest BCUT2D eigenvalue weighted by atomic mass is 9.94. The van der Waals surface area contributed by atoms with Gasteiger partial charge in [-0.05, 0) is 52.5 Å². The predicted octanol–water partition coefficient (Wildman–Crippen LogP) is 3.49. The summed E-state index contributed by atoms with van der Waals surface area (Å²) in [4.78, 5) is 0.236. The molecule has 0 heterocycles. The molecule has 0 fully saturated rings. The van der Waals surface area contributed by atoms with Crippen LogP contribution in [0.3, 0.4) is 0 Å². The van der Waals surface area contributed by atoms with E-state index < -0.39 is 10.0 Å². The number of nitrogens with two attached hydrogens (primary N) is 1. The van der Waals surface area contributed by atoms with Crippen LogP contribution in [0.1, 0.15) is 27.2 Å². The first-order valence-corrected chi connectivity index (χ1v) is 9.40. The van der Waals surface area contributed by atoms with Crippen LogP contribution in [0.2, 0.25) is 5.02 Å². The third-order valence-corrected chi connectivity index (χ3v) is 6.21. The SMILES string of the molecule is CCCN(CC(C)(C)CN)S(=O)(=O)c1ccc(Cl)c(Br)c1. The van der Waals surface area contributed by atoms with Crippen LogP contribution in [-0.4, -0.2) is 32.4 Å². The first kappa shape index (κ1) is 18.9. The molecule has 120 valence electrons. The molecule has 0 saturated heterocycles. The summed E-state index contributed by atoms with van der Waals surface area (Å²) in [6, 6.07) is 4.65. The normalized spacial score (nSPS) is 12.9. The predicted molar refractivity (Wildman–Crippen MR) is 91.0 cm³/mol. The molecule has 1 aromatic rings. The molecule has 1 rings (SSSR count). The molecule has 1 aromatic carbocycles. The van der Waals surface area contributed by atoms with Gasteiger partial charge in [-0.2, -0.15) is 4.31 Å². The molecule has 0 spiro atoms. The van der Waals surface area contributed by atoms with Crippen molar-refractivity contribution in [2.75, 3.05) is 19.6 Å².